The number of ether oxygens (including phenoxy) is 1. The van der Waals surface area contributed by atoms with Crippen LogP contribution in [0.5, 0.6) is 0 Å². The number of nitrogens with zero attached hydrogens (tertiary/aromatic N) is 3. The minimum Gasteiger partial charge on any atom is -0.444 e. The molecule has 6 nitrogen and oxygen atoms in total. The number of carbonyl (C=O) groups excluding carboxylic acids is 1. The van der Waals surface area contributed by atoms with Crippen LogP contribution in [-0.2, 0) is 11.3 Å². The molecule has 1 saturated heterocycles. The van der Waals surface area contributed by atoms with E-state index in [0.717, 1.165) is 22.9 Å². The van der Waals surface area contributed by atoms with E-state index in [2.05, 4.69) is 10.2 Å². The summed E-state index contributed by atoms with van der Waals surface area (Å²) >= 11 is 1.58. The molecule has 1 aliphatic heterocycles. The Morgan fingerprint density at radius 1 is 1.40 bits per heavy atom. The van der Waals surface area contributed by atoms with Crippen LogP contribution in [0.2, 0.25) is 0 Å². The van der Waals surface area contributed by atoms with E-state index in [1.165, 1.54) is 0 Å². The van der Waals surface area contributed by atoms with Gasteiger partial charge in [0.1, 0.15) is 15.6 Å². The molecule has 2 heterocycles. The van der Waals surface area contributed by atoms with Gasteiger partial charge in [-0.1, -0.05) is 11.3 Å². The van der Waals surface area contributed by atoms with E-state index in [4.69, 9.17) is 10.5 Å². The number of piperidine rings is 1. The van der Waals surface area contributed by atoms with Gasteiger partial charge in [-0.2, -0.15) is 0 Å². The Kier molecular flexibility index (Phi) is 4.59. The minimum absolute atomic E-state index is 0.226. The summed E-state index contributed by atoms with van der Waals surface area (Å²) in [6, 6.07) is 0. The van der Waals surface area contributed by atoms with E-state index in [1.807, 2.05) is 20.8 Å². The van der Waals surface area contributed by atoms with Crippen molar-refractivity contribution in [1.29, 1.82) is 0 Å². The number of amides is 1. The molecule has 7 heteroatoms. The van der Waals surface area contributed by atoms with Crippen molar-refractivity contribution in [3.8, 4) is 0 Å². The van der Waals surface area contributed by atoms with Crippen molar-refractivity contribution in [2.45, 2.75) is 51.7 Å². The Hall–Kier alpha value is -1.21. The van der Waals surface area contributed by atoms with Crippen molar-refractivity contribution in [2.75, 3.05) is 13.1 Å². The van der Waals surface area contributed by atoms with Gasteiger partial charge in [-0.15, -0.1) is 10.2 Å². The molecule has 0 radical (unpaired) electrons. The topological polar surface area (TPSA) is 81.3 Å². The minimum atomic E-state index is -0.441. The molecule has 20 heavy (non-hydrogen) atoms. The van der Waals surface area contributed by atoms with Gasteiger partial charge in [0.15, 0.2) is 0 Å². The van der Waals surface area contributed by atoms with Crippen LogP contribution in [0.25, 0.3) is 0 Å². The fourth-order valence-corrected chi connectivity index (χ4v) is 3.04. The number of likely N-dealkylation sites (tertiary alicyclic amines) is 1. The summed E-state index contributed by atoms with van der Waals surface area (Å²) in [5.41, 5.74) is 5.11. The number of nitrogens with two attached hydrogens (primary N) is 1. The lowest BCUT2D eigenvalue weighted by Gasteiger charge is -2.32. The maximum atomic E-state index is 12.0. The highest BCUT2D eigenvalue weighted by atomic mass is 32.1. The zero-order chi connectivity index (χ0) is 14.8. The fraction of sp³-hybridized carbons (Fsp3) is 0.769. The first-order valence-corrected chi connectivity index (χ1v) is 7.71. The van der Waals surface area contributed by atoms with Crippen LogP contribution in [0, 0.1) is 0 Å². The molecule has 2 N–H and O–H groups in total. The molecule has 1 amide bonds. The summed E-state index contributed by atoms with van der Waals surface area (Å²) in [6.07, 6.45) is 1.58. The number of hydrogen-bond acceptors (Lipinski definition) is 6. The SMILES string of the molecule is CC(C)(C)OC(=O)N1CCC(c2nnc(CN)s2)CC1. The van der Waals surface area contributed by atoms with E-state index in [9.17, 15) is 4.79 Å². The van der Waals surface area contributed by atoms with Gasteiger partial charge in [-0.25, -0.2) is 4.79 Å². The maximum absolute atomic E-state index is 12.0. The van der Waals surface area contributed by atoms with Crippen molar-refractivity contribution < 1.29 is 9.53 Å². The van der Waals surface area contributed by atoms with E-state index in [1.54, 1.807) is 16.2 Å². The molecule has 1 aliphatic rings. The molecular formula is C13H22N4O2S. The standard InChI is InChI=1S/C13H22N4O2S/c1-13(2,3)19-12(18)17-6-4-9(5-7-17)11-16-15-10(8-14)20-11/h9H,4-8,14H2,1-3H3. The maximum Gasteiger partial charge on any atom is 0.410 e. The molecule has 0 aromatic carbocycles. The number of aromatic nitrogens is 2. The Morgan fingerprint density at radius 2 is 2.05 bits per heavy atom. The monoisotopic (exact) mass is 298 g/mol. The number of rotatable bonds is 2. The van der Waals surface area contributed by atoms with Crippen LogP contribution in [0.3, 0.4) is 0 Å². The van der Waals surface area contributed by atoms with Crippen LogP contribution in [0.15, 0.2) is 0 Å². The normalized spacial score (nSPS) is 17.3. The molecule has 0 saturated carbocycles. The first-order chi connectivity index (χ1) is 9.39. The van der Waals surface area contributed by atoms with E-state index in [-0.39, 0.29) is 6.09 Å². The molecule has 1 aromatic heterocycles. The highest BCUT2D eigenvalue weighted by molar-refractivity contribution is 7.11. The summed E-state index contributed by atoms with van der Waals surface area (Å²) in [7, 11) is 0. The third-order valence-electron chi connectivity index (χ3n) is 3.15. The zero-order valence-corrected chi connectivity index (χ0v) is 13.1. The molecular weight excluding hydrogens is 276 g/mol. The predicted molar refractivity (Wildman–Crippen MR) is 77.6 cm³/mol. The lowest BCUT2D eigenvalue weighted by atomic mass is 9.98. The lowest BCUT2D eigenvalue weighted by Crippen LogP contribution is -2.41. The van der Waals surface area contributed by atoms with Gasteiger partial charge in [0.25, 0.3) is 0 Å². The smallest absolute Gasteiger partial charge is 0.410 e. The van der Waals surface area contributed by atoms with Gasteiger partial charge in [0, 0.05) is 25.6 Å². The summed E-state index contributed by atoms with van der Waals surface area (Å²) in [6.45, 7) is 7.50. The van der Waals surface area contributed by atoms with Crippen LogP contribution >= 0.6 is 11.3 Å². The van der Waals surface area contributed by atoms with Gasteiger partial charge in [-0.3, -0.25) is 0 Å². The van der Waals surface area contributed by atoms with E-state index < -0.39 is 5.60 Å². The summed E-state index contributed by atoms with van der Waals surface area (Å²) < 4.78 is 5.38. The molecule has 0 atom stereocenters. The molecule has 0 unspecified atom stereocenters. The van der Waals surface area contributed by atoms with Gasteiger partial charge in [-0.05, 0) is 33.6 Å². The lowest BCUT2D eigenvalue weighted by molar-refractivity contribution is 0.0204. The molecule has 0 spiro atoms. The molecule has 112 valence electrons. The second-order valence-electron chi connectivity index (χ2n) is 5.98. The van der Waals surface area contributed by atoms with Crippen LogP contribution < -0.4 is 5.73 Å². The van der Waals surface area contributed by atoms with Crippen LogP contribution in [0.4, 0.5) is 4.79 Å². The first-order valence-electron chi connectivity index (χ1n) is 6.89. The molecule has 0 bridgehead atoms. The zero-order valence-electron chi connectivity index (χ0n) is 12.3. The van der Waals surface area contributed by atoms with Gasteiger partial charge >= 0.3 is 6.09 Å². The Bertz CT molecular complexity index is 461. The third-order valence-corrected chi connectivity index (χ3v) is 4.26. The molecule has 0 aliphatic carbocycles. The third kappa shape index (κ3) is 3.89. The number of carbonyl (C=O) groups is 1. The van der Waals surface area contributed by atoms with Crippen LogP contribution in [0.1, 0.15) is 49.5 Å². The van der Waals surface area contributed by atoms with Crippen molar-refractivity contribution >= 4 is 17.4 Å². The number of hydrogen-bond donors (Lipinski definition) is 1. The van der Waals surface area contributed by atoms with Crippen molar-refractivity contribution in [3.63, 3.8) is 0 Å². The average Bonchev–Trinajstić information content (AvgIpc) is 2.85. The molecule has 1 aromatic rings. The average molecular weight is 298 g/mol. The second kappa shape index (κ2) is 6.05. The van der Waals surface area contributed by atoms with E-state index in [0.29, 0.717) is 25.6 Å². The summed E-state index contributed by atoms with van der Waals surface area (Å²) in [5.74, 6) is 0.381. The summed E-state index contributed by atoms with van der Waals surface area (Å²) in [5, 5.41) is 10.2. The highest BCUT2D eigenvalue weighted by Crippen LogP contribution is 2.30. The van der Waals surface area contributed by atoms with Crippen molar-refractivity contribution in [3.05, 3.63) is 10.0 Å². The van der Waals surface area contributed by atoms with E-state index >= 15 is 0 Å². The Balaban J connectivity index is 1.87. The van der Waals surface area contributed by atoms with Crippen LogP contribution in [-0.4, -0.2) is 39.9 Å². The second-order valence-corrected chi connectivity index (χ2v) is 7.07. The highest BCUT2D eigenvalue weighted by Gasteiger charge is 2.28. The quantitative estimate of drug-likeness (QED) is 0.904. The Morgan fingerprint density at radius 3 is 2.55 bits per heavy atom. The van der Waals surface area contributed by atoms with Gasteiger partial charge in [0.2, 0.25) is 0 Å². The van der Waals surface area contributed by atoms with Gasteiger partial charge < -0.3 is 15.4 Å². The largest absolute Gasteiger partial charge is 0.444 e. The fourth-order valence-electron chi connectivity index (χ4n) is 2.15. The first kappa shape index (κ1) is 15.2. The Labute approximate surface area is 123 Å². The van der Waals surface area contributed by atoms with Gasteiger partial charge in [0.05, 0.1) is 0 Å². The molecule has 2 rings (SSSR count). The predicted octanol–water partition coefficient (Wildman–Crippen LogP) is 2.11. The molecule has 1 fully saturated rings. The van der Waals surface area contributed by atoms with Crippen molar-refractivity contribution in [2.24, 2.45) is 5.73 Å². The summed E-state index contributed by atoms with van der Waals surface area (Å²) in [4.78, 5) is 13.7. The van der Waals surface area contributed by atoms with Crippen molar-refractivity contribution in [1.82, 2.24) is 15.1 Å².